The van der Waals surface area contributed by atoms with Crippen LogP contribution in [-0.2, 0) is 6.42 Å². The smallest absolute Gasteiger partial charge is 0.266 e. The number of benzene rings is 1. The van der Waals surface area contributed by atoms with E-state index in [4.69, 9.17) is 10.1 Å². The molecule has 1 aromatic carbocycles. The van der Waals surface area contributed by atoms with Gasteiger partial charge in [0.1, 0.15) is 4.88 Å². The fraction of sp³-hybridized carbons (Fsp3) is 0.409. The molecule has 160 valence electrons. The van der Waals surface area contributed by atoms with Crippen molar-refractivity contribution in [3.8, 4) is 5.13 Å². The summed E-state index contributed by atoms with van der Waals surface area (Å²) in [6.45, 7) is 9.40. The van der Waals surface area contributed by atoms with Crippen molar-refractivity contribution in [1.29, 1.82) is 0 Å². The lowest BCUT2D eigenvalue weighted by Gasteiger charge is -2.32. The molecule has 8 heteroatoms. The maximum absolute atomic E-state index is 13.0. The number of carbonyl (C=O) groups excluding carboxylic acids is 1. The van der Waals surface area contributed by atoms with Gasteiger partial charge in [-0.05, 0) is 33.4 Å². The van der Waals surface area contributed by atoms with E-state index in [0.717, 1.165) is 59.7 Å². The summed E-state index contributed by atoms with van der Waals surface area (Å²) in [5, 5.41) is 5.51. The van der Waals surface area contributed by atoms with Gasteiger partial charge < -0.3 is 9.80 Å². The highest BCUT2D eigenvalue weighted by Gasteiger charge is 2.25. The van der Waals surface area contributed by atoms with Crippen LogP contribution in [0.1, 0.15) is 37.9 Å². The van der Waals surface area contributed by atoms with Crippen molar-refractivity contribution in [2.24, 2.45) is 0 Å². The van der Waals surface area contributed by atoms with E-state index in [1.165, 1.54) is 22.5 Å². The Kier molecular flexibility index (Phi) is 6.95. The van der Waals surface area contributed by atoms with Crippen LogP contribution in [0.2, 0.25) is 0 Å². The van der Waals surface area contributed by atoms with Gasteiger partial charge in [-0.15, -0.1) is 12.4 Å². The molecule has 0 N–H and O–H groups in total. The summed E-state index contributed by atoms with van der Waals surface area (Å²) in [5.41, 5.74) is 5.35. The van der Waals surface area contributed by atoms with Crippen molar-refractivity contribution < 1.29 is 4.79 Å². The largest absolute Gasteiger partial charge is 0.335 e. The fourth-order valence-electron chi connectivity index (χ4n) is 3.74. The third-order valence-corrected chi connectivity index (χ3v) is 6.74. The van der Waals surface area contributed by atoms with E-state index in [1.807, 2.05) is 29.5 Å². The minimum atomic E-state index is 0. The second-order valence-electron chi connectivity index (χ2n) is 7.73. The maximum Gasteiger partial charge on any atom is 0.266 e. The number of aromatic nitrogens is 3. The van der Waals surface area contributed by atoms with Gasteiger partial charge in [0.15, 0.2) is 0 Å². The van der Waals surface area contributed by atoms with Crippen molar-refractivity contribution in [1.82, 2.24) is 24.6 Å². The molecule has 2 aromatic heterocycles. The highest BCUT2D eigenvalue weighted by molar-refractivity contribution is 7.16. The van der Waals surface area contributed by atoms with Crippen LogP contribution in [0.5, 0.6) is 0 Å². The fourth-order valence-corrected chi connectivity index (χ4v) is 4.78. The summed E-state index contributed by atoms with van der Waals surface area (Å²) >= 11 is 1.44. The van der Waals surface area contributed by atoms with Gasteiger partial charge in [-0.3, -0.25) is 4.79 Å². The topological polar surface area (TPSA) is 54.3 Å². The number of aryl methyl sites for hydroxylation is 2. The molecule has 6 nitrogen and oxygen atoms in total. The second kappa shape index (κ2) is 9.29. The average molecular weight is 446 g/mol. The first kappa shape index (κ1) is 22.5. The van der Waals surface area contributed by atoms with Crippen molar-refractivity contribution in [2.75, 3.05) is 33.2 Å². The maximum atomic E-state index is 13.0. The lowest BCUT2D eigenvalue weighted by Crippen LogP contribution is -2.47. The molecule has 1 fully saturated rings. The monoisotopic (exact) mass is 445 g/mol. The number of piperazine rings is 1. The van der Waals surface area contributed by atoms with Crippen LogP contribution < -0.4 is 0 Å². The van der Waals surface area contributed by atoms with Crippen molar-refractivity contribution in [3.05, 3.63) is 63.4 Å². The molecular formula is C22H28ClN5OS. The molecule has 0 aliphatic carbocycles. The molecule has 3 heterocycles. The third-order valence-electron chi connectivity index (χ3n) is 5.62. The first-order chi connectivity index (χ1) is 13.9. The van der Waals surface area contributed by atoms with E-state index >= 15 is 0 Å². The van der Waals surface area contributed by atoms with Crippen LogP contribution in [0.3, 0.4) is 0 Å². The number of nitrogens with zero attached hydrogens (tertiary/aromatic N) is 5. The van der Waals surface area contributed by atoms with Crippen molar-refractivity contribution >= 4 is 29.7 Å². The molecule has 1 aliphatic rings. The molecule has 3 aromatic rings. The molecule has 0 unspecified atom stereocenters. The Labute approximate surface area is 187 Å². The van der Waals surface area contributed by atoms with Gasteiger partial charge in [-0.2, -0.15) is 5.10 Å². The van der Waals surface area contributed by atoms with E-state index in [-0.39, 0.29) is 18.3 Å². The highest BCUT2D eigenvalue weighted by atomic mass is 35.5. The zero-order valence-corrected chi connectivity index (χ0v) is 19.5. The number of likely N-dealkylation sites (N-methyl/N-ethyl adjacent to an activating group) is 1. The number of halogens is 1. The van der Waals surface area contributed by atoms with E-state index < -0.39 is 0 Å². The molecule has 0 atom stereocenters. The predicted octanol–water partition coefficient (Wildman–Crippen LogP) is 3.65. The minimum Gasteiger partial charge on any atom is -0.335 e. The van der Waals surface area contributed by atoms with E-state index in [2.05, 4.69) is 43.1 Å². The molecule has 4 rings (SSSR count). The van der Waals surface area contributed by atoms with Gasteiger partial charge >= 0.3 is 0 Å². The SMILES string of the molecule is Cc1nc(-n2nc(C)c(Cc3ccccc3)c2C)sc1C(=O)N1CCN(C)CC1.Cl. The van der Waals surface area contributed by atoms with Gasteiger partial charge in [0.25, 0.3) is 5.91 Å². The number of hydrogen-bond acceptors (Lipinski definition) is 5. The Balaban J connectivity index is 0.00000256. The standard InChI is InChI=1S/C22H27N5OS.ClH/c1-15-19(14-18-8-6-5-7-9-18)17(3)27(24-15)22-23-16(2)20(29-22)21(28)26-12-10-25(4)11-13-26;/h5-9H,10-14H2,1-4H3;1H. The van der Waals surface area contributed by atoms with Gasteiger partial charge in [-0.25, -0.2) is 9.67 Å². The van der Waals surface area contributed by atoms with Crippen LogP contribution in [-0.4, -0.2) is 63.7 Å². The Morgan fingerprint density at radius 2 is 1.70 bits per heavy atom. The third kappa shape index (κ3) is 4.43. The molecule has 1 aliphatic heterocycles. The first-order valence-corrected chi connectivity index (χ1v) is 10.8. The van der Waals surface area contributed by atoms with Crippen LogP contribution in [0.15, 0.2) is 30.3 Å². The summed E-state index contributed by atoms with van der Waals surface area (Å²) in [5.74, 6) is 0.0883. The Bertz CT molecular complexity index is 1020. The van der Waals surface area contributed by atoms with Gasteiger partial charge in [0.05, 0.1) is 11.4 Å². The molecule has 0 spiro atoms. The molecule has 1 amide bonds. The number of amides is 1. The molecule has 0 bridgehead atoms. The quantitative estimate of drug-likeness (QED) is 0.615. The normalized spacial score (nSPS) is 14.6. The molecule has 0 saturated carbocycles. The second-order valence-corrected chi connectivity index (χ2v) is 8.71. The summed E-state index contributed by atoms with van der Waals surface area (Å²) in [6.07, 6.45) is 0.843. The zero-order chi connectivity index (χ0) is 20.5. The van der Waals surface area contributed by atoms with Crippen LogP contribution >= 0.6 is 23.7 Å². The lowest BCUT2D eigenvalue weighted by atomic mass is 10.0. The Hall–Kier alpha value is -2.22. The highest BCUT2D eigenvalue weighted by Crippen LogP contribution is 2.27. The number of thiazole rings is 1. The van der Waals surface area contributed by atoms with Crippen LogP contribution in [0, 0.1) is 20.8 Å². The Morgan fingerprint density at radius 1 is 1.03 bits per heavy atom. The summed E-state index contributed by atoms with van der Waals surface area (Å²) in [4.78, 5) is 22.6. The van der Waals surface area contributed by atoms with Gasteiger partial charge in [0.2, 0.25) is 5.13 Å². The lowest BCUT2D eigenvalue weighted by molar-refractivity contribution is 0.0668. The van der Waals surface area contributed by atoms with E-state index in [1.54, 1.807) is 0 Å². The summed E-state index contributed by atoms with van der Waals surface area (Å²) in [6, 6.07) is 10.4. The minimum absolute atomic E-state index is 0. The van der Waals surface area contributed by atoms with Crippen molar-refractivity contribution in [2.45, 2.75) is 27.2 Å². The van der Waals surface area contributed by atoms with Crippen LogP contribution in [0.25, 0.3) is 5.13 Å². The predicted molar refractivity (Wildman–Crippen MR) is 123 cm³/mol. The average Bonchev–Trinajstić information content (AvgIpc) is 3.23. The number of rotatable bonds is 4. The number of carbonyl (C=O) groups is 1. The van der Waals surface area contributed by atoms with Crippen LogP contribution in [0.4, 0.5) is 0 Å². The first-order valence-electron chi connectivity index (χ1n) is 9.98. The van der Waals surface area contributed by atoms with E-state index in [9.17, 15) is 4.79 Å². The number of hydrogen-bond donors (Lipinski definition) is 0. The zero-order valence-electron chi connectivity index (χ0n) is 17.9. The van der Waals surface area contributed by atoms with Gasteiger partial charge in [0, 0.05) is 43.9 Å². The van der Waals surface area contributed by atoms with Crippen molar-refractivity contribution in [3.63, 3.8) is 0 Å². The Morgan fingerprint density at radius 3 is 2.37 bits per heavy atom. The molecule has 30 heavy (non-hydrogen) atoms. The summed E-state index contributed by atoms with van der Waals surface area (Å²) in [7, 11) is 2.09. The molecular weight excluding hydrogens is 418 g/mol. The molecule has 1 saturated heterocycles. The molecule has 0 radical (unpaired) electrons. The van der Waals surface area contributed by atoms with E-state index in [0.29, 0.717) is 0 Å². The van der Waals surface area contributed by atoms with Gasteiger partial charge in [-0.1, -0.05) is 41.7 Å². The summed E-state index contributed by atoms with van der Waals surface area (Å²) < 4.78 is 1.89.